The van der Waals surface area contributed by atoms with Gasteiger partial charge in [0.1, 0.15) is 11.9 Å². The third kappa shape index (κ3) is 3.04. The summed E-state index contributed by atoms with van der Waals surface area (Å²) in [5.74, 6) is -0.755. The lowest BCUT2D eigenvalue weighted by Crippen LogP contribution is -2.28. The summed E-state index contributed by atoms with van der Waals surface area (Å²) >= 11 is 0. The minimum absolute atomic E-state index is 0.118. The Kier molecular flexibility index (Phi) is 4.78. The first-order chi connectivity index (χ1) is 8.43. The number of halogens is 1. The van der Waals surface area contributed by atoms with E-state index in [2.05, 4.69) is 0 Å². The molecule has 0 aromatic heterocycles. The quantitative estimate of drug-likeness (QED) is 0.855. The van der Waals surface area contributed by atoms with E-state index in [0.717, 1.165) is 22.5 Å². The summed E-state index contributed by atoms with van der Waals surface area (Å²) in [6.45, 7) is 0.0326. The van der Waals surface area contributed by atoms with Crippen LogP contribution in [0.4, 0.5) is 4.39 Å². The average Bonchev–Trinajstić information content (AvgIpc) is 2.36. The molecule has 0 aliphatic heterocycles. The fraction of sp³-hybridized carbons (Fsp3) is 0.364. The van der Waals surface area contributed by atoms with E-state index >= 15 is 0 Å². The van der Waals surface area contributed by atoms with Crippen LogP contribution in [0.5, 0.6) is 0 Å². The molecule has 98 valence electrons. The number of hydrogen-bond donors (Lipinski definition) is 1. The smallest absolute Gasteiger partial charge is 0.242 e. The van der Waals surface area contributed by atoms with Crippen molar-refractivity contribution in [2.24, 2.45) is 0 Å². The van der Waals surface area contributed by atoms with E-state index in [1.807, 2.05) is 0 Å². The van der Waals surface area contributed by atoms with Crippen molar-refractivity contribution in [3.05, 3.63) is 29.6 Å². The standard InChI is InChI=1S/C11H13FN2O3S/c1-14(5-2-6-15)18(16,17)10-3-4-11(12)9(7-10)8-13/h3-4,7,15H,2,5-6H2,1H3. The van der Waals surface area contributed by atoms with Crippen LogP contribution in [0.2, 0.25) is 0 Å². The Morgan fingerprint density at radius 3 is 2.72 bits per heavy atom. The SMILES string of the molecule is CN(CCCO)S(=O)(=O)c1ccc(F)c(C#N)c1. The second-order valence-corrected chi connectivity index (χ2v) is 5.70. The molecule has 1 aromatic rings. The normalized spacial score (nSPS) is 11.5. The molecule has 1 aromatic carbocycles. The Hall–Kier alpha value is -1.49. The van der Waals surface area contributed by atoms with Crippen molar-refractivity contribution in [1.29, 1.82) is 5.26 Å². The lowest BCUT2D eigenvalue weighted by Gasteiger charge is -2.16. The minimum Gasteiger partial charge on any atom is -0.396 e. The molecule has 5 nitrogen and oxygen atoms in total. The Morgan fingerprint density at radius 1 is 1.50 bits per heavy atom. The lowest BCUT2D eigenvalue weighted by atomic mass is 10.2. The summed E-state index contributed by atoms with van der Waals surface area (Å²) in [4.78, 5) is -0.138. The molecule has 1 rings (SSSR count). The molecule has 0 amide bonds. The van der Waals surface area contributed by atoms with Crippen molar-refractivity contribution in [2.45, 2.75) is 11.3 Å². The molecule has 0 saturated carbocycles. The summed E-state index contributed by atoms with van der Waals surface area (Å²) in [7, 11) is -2.39. The van der Waals surface area contributed by atoms with Gasteiger partial charge in [0.15, 0.2) is 0 Å². The van der Waals surface area contributed by atoms with Crippen LogP contribution in [0, 0.1) is 17.1 Å². The first kappa shape index (κ1) is 14.6. The molecule has 7 heteroatoms. The molecule has 0 spiro atoms. The number of hydrogen-bond acceptors (Lipinski definition) is 4. The second kappa shape index (κ2) is 5.91. The molecular weight excluding hydrogens is 259 g/mol. The maximum atomic E-state index is 13.1. The van der Waals surface area contributed by atoms with E-state index < -0.39 is 15.8 Å². The minimum atomic E-state index is -3.76. The van der Waals surface area contributed by atoms with Gasteiger partial charge in [0.25, 0.3) is 0 Å². The second-order valence-electron chi connectivity index (χ2n) is 3.66. The van der Waals surface area contributed by atoms with Crippen LogP contribution < -0.4 is 0 Å². The molecular formula is C11H13FN2O3S. The van der Waals surface area contributed by atoms with Crippen molar-refractivity contribution in [2.75, 3.05) is 20.2 Å². The van der Waals surface area contributed by atoms with Gasteiger partial charge in [-0.15, -0.1) is 0 Å². The van der Waals surface area contributed by atoms with Gasteiger partial charge < -0.3 is 5.11 Å². The van der Waals surface area contributed by atoms with Crippen molar-refractivity contribution < 1.29 is 17.9 Å². The fourth-order valence-corrected chi connectivity index (χ4v) is 2.58. The number of rotatable bonds is 5. The fourth-order valence-electron chi connectivity index (χ4n) is 1.34. The van der Waals surface area contributed by atoms with Gasteiger partial charge in [-0.2, -0.15) is 5.26 Å². The molecule has 0 radical (unpaired) electrons. The maximum Gasteiger partial charge on any atom is 0.242 e. The largest absolute Gasteiger partial charge is 0.396 e. The van der Waals surface area contributed by atoms with E-state index in [1.54, 1.807) is 6.07 Å². The highest BCUT2D eigenvalue weighted by Gasteiger charge is 2.21. The van der Waals surface area contributed by atoms with Crippen LogP contribution in [-0.4, -0.2) is 38.0 Å². The van der Waals surface area contributed by atoms with Crippen molar-refractivity contribution in [1.82, 2.24) is 4.31 Å². The van der Waals surface area contributed by atoms with E-state index in [-0.39, 0.29) is 23.6 Å². The predicted molar refractivity (Wildman–Crippen MR) is 62.6 cm³/mol. The molecule has 0 aliphatic carbocycles. The third-order valence-corrected chi connectivity index (χ3v) is 4.25. The molecule has 0 aliphatic rings. The number of sulfonamides is 1. The van der Waals surface area contributed by atoms with Gasteiger partial charge in [0.05, 0.1) is 10.5 Å². The topological polar surface area (TPSA) is 81.4 Å². The number of benzene rings is 1. The van der Waals surface area contributed by atoms with E-state index in [9.17, 15) is 12.8 Å². The van der Waals surface area contributed by atoms with Gasteiger partial charge in [-0.25, -0.2) is 17.1 Å². The monoisotopic (exact) mass is 272 g/mol. The highest BCUT2D eigenvalue weighted by molar-refractivity contribution is 7.89. The zero-order valence-electron chi connectivity index (χ0n) is 9.80. The average molecular weight is 272 g/mol. The Balaban J connectivity index is 3.10. The first-order valence-corrected chi connectivity index (χ1v) is 6.64. The van der Waals surface area contributed by atoms with Crippen molar-refractivity contribution in [3.8, 4) is 6.07 Å². The Labute approximate surface area is 105 Å². The van der Waals surface area contributed by atoms with Crippen LogP contribution in [0.3, 0.4) is 0 Å². The highest BCUT2D eigenvalue weighted by atomic mass is 32.2. The van der Waals surface area contributed by atoms with E-state index in [0.29, 0.717) is 6.42 Å². The van der Waals surface area contributed by atoms with Gasteiger partial charge in [-0.3, -0.25) is 0 Å². The molecule has 1 N–H and O–H groups in total. The Bertz CT molecular complexity index is 566. The lowest BCUT2D eigenvalue weighted by molar-refractivity contribution is 0.275. The summed E-state index contributed by atoms with van der Waals surface area (Å²) < 4.78 is 38.2. The molecule has 0 saturated heterocycles. The molecule has 0 atom stereocenters. The van der Waals surface area contributed by atoms with Crippen molar-refractivity contribution >= 4 is 10.0 Å². The number of aliphatic hydroxyl groups is 1. The number of nitrogens with zero attached hydrogens (tertiary/aromatic N) is 2. The summed E-state index contributed by atoms with van der Waals surface area (Å²) in [6, 6.07) is 4.65. The zero-order chi connectivity index (χ0) is 13.8. The molecule has 0 bridgehead atoms. The van der Waals surface area contributed by atoms with Gasteiger partial charge in [-0.1, -0.05) is 0 Å². The number of aliphatic hydroxyl groups excluding tert-OH is 1. The van der Waals surface area contributed by atoms with Crippen molar-refractivity contribution in [3.63, 3.8) is 0 Å². The molecule has 0 heterocycles. The third-order valence-electron chi connectivity index (χ3n) is 2.40. The predicted octanol–water partition coefficient (Wildman–Crippen LogP) is 0.700. The van der Waals surface area contributed by atoms with Crippen LogP contribution in [-0.2, 0) is 10.0 Å². The maximum absolute atomic E-state index is 13.1. The molecule has 0 unspecified atom stereocenters. The summed E-state index contributed by atoms with van der Waals surface area (Å²) in [6.07, 6.45) is 0.308. The number of nitriles is 1. The van der Waals surface area contributed by atoms with Gasteiger partial charge in [0.2, 0.25) is 10.0 Å². The van der Waals surface area contributed by atoms with Gasteiger partial charge in [0, 0.05) is 20.2 Å². The van der Waals surface area contributed by atoms with Crippen LogP contribution in [0.1, 0.15) is 12.0 Å². The van der Waals surface area contributed by atoms with E-state index in [1.165, 1.54) is 7.05 Å². The molecule has 18 heavy (non-hydrogen) atoms. The molecule has 0 fully saturated rings. The summed E-state index contributed by atoms with van der Waals surface area (Å²) in [5.41, 5.74) is -0.313. The van der Waals surface area contributed by atoms with Crippen LogP contribution >= 0.6 is 0 Å². The Morgan fingerprint density at radius 2 is 2.17 bits per heavy atom. The van der Waals surface area contributed by atoms with Gasteiger partial charge in [-0.05, 0) is 24.6 Å². The zero-order valence-corrected chi connectivity index (χ0v) is 10.6. The van der Waals surface area contributed by atoms with E-state index in [4.69, 9.17) is 10.4 Å². The first-order valence-electron chi connectivity index (χ1n) is 5.20. The highest BCUT2D eigenvalue weighted by Crippen LogP contribution is 2.18. The van der Waals surface area contributed by atoms with Crippen LogP contribution in [0.25, 0.3) is 0 Å². The summed E-state index contributed by atoms with van der Waals surface area (Å²) in [5, 5.41) is 17.3. The van der Waals surface area contributed by atoms with Gasteiger partial charge >= 0.3 is 0 Å². The van der Waals surface area contributed by atoms with Crippen LogP contribution in [0.15, 0.2) is 23.1 Å².